The molecule has 3 heterocycles. The first-order chi connectivity index (χ1) is 15.8. The van der Waals surface area contributed by atoms with Gasteiger partial charge in [-0.2, -0.15) is 0 Å². The van der Waals surface area contributed by atoms with Gasteiger partial charge in [-0.05, 0) is 36.6 Å². The van der Waals surface area contributed by atoms with Crippen molar-refractivity contribution in [3.8, 4) is 11.4 Å². The van der Waals surface area contributed by atoms with Crippen LogP contribution in [0.5, 0.6) is 0 Å². The molecular weight excluding hydrogens is 426 g/mol. The van der Waals surface area contributed by atoms with Gasteiger partial charge in [0.2, 0.25) is 5.91 Å². The van der Waals surface area contributed by atoms with Gasteiger partial charge in [0.25, 0.3) is 5.91 Å². The summed E-state index contributed by atoms with van der Waals surface area (Å²) < 4.78 is 28.8. The van der Waals surface area contributed by atoms with Gasteiger partial charge in [0, 0.05) is 20.0 Å². The summed E-state index contributed by atoms with van der Waals surface area (Å²) in [4.78, 5) is 35.4. The van der Waals surface area contributed by atoms with Crippen LogP contribution in [-0.2, 0) is 23.2 Å². The summed E-state index contributed by atoms with van der Waals surface area (Å²) >= 11 is 0. The second-order valence-corrected chi connectivity index (χ2v) is 8.78. The highest BCUT2D eigenvalue weighted by Crippen LogP contribution is 2.35. The van der Waals surface area contributed by atoms with Gasteiger partial charge in [-0.15, -0.1) is 0 Å². The number of aromatic nitrogens is 2. The molecule has 5 rings (SSSR count). The van der Waals surface area contributed by atoms with Gasteiger partial charge in [0.1, 0.15) is 11.6 Å². The van der Waals surface area contributed by atoms with Gasteiger partial charge in [-0.1, -0.05) is 30.3 Å². The van der Waals surface area contributed by atoms with Gasteiger partial charge in [-0.3, -0.25) is 9.59 Å². The summed E-state index contributed by atoms with van der Waals surface area (Å²) in [6, 6.07) is 11.2. The third kappa shape index (κ3) is 3.46. The van der Waals surface area contributed by atoms with Gasteiger partial charge >= 0.3 is 0 Å². The lowest BCUT2D eigenvalue weighted by Gasteiger charge is -2.22. The largest absolute Gasteiger partial charge is 0.346 e. The lowest BCUT2D eigenvalue weighted by molar-refractivity contribution is -0.130. The summed E-state index contributed by atoms with van der Waals surface area (Å²) in [5.74, 6) is -1.81. The van der Waals surface area contributed by atoms with Crippen LogP contribution in [0.2, 0.25) is 0 Å². The lowest BCUT2D eigenvalue weighted by Crippen LogP contribution is -2.33. The van der Waals surface area contributed by atoms with Crippen LogP contribution < -0.4 is 5.32 Å². The van der Waals surface area contributed by atoms with Crippen LogP contribution in [0.3, 0.4) is 0 Å². The number of nitrogens with zero attached hydrogens (tertiary/aromatic N) is 3. The number of rotatable bonds is 4. The van der Waals surface area contributed by atoms with Crippen molar-refractivity contribution in [3.05, 3.63) is 82.2 Å². The monoisotopic (exact) mass is 448 g/mol. The number of carbonyl (C=O) groups excluding carboxylic acids is 2. The van der Waals surface area contributed by atoms with E-state index in [-0.39, 0.29) is 36.2 Å². The van der Waals surface area contributed by atoms with E-state index in [9.17, 15) is 18.4 Å². The maximum absolute atomic E-state index is 14.4. The van der Waals surface area contributed by atoms with Crippen molar-refractivity contribution < 1.29 is 18.4 Å². The molecule has 0 saturated carbocycles. The summed E-state index contributed by atoms with van der Waals surface area (Å²) in [6.45, 7) is 2.85. The van der Waals surface area contributed by atoms with E-state index in [4.69, 9.17) is 0 Å². The lowest BCUT2D eigenvalue weighted by atomic mass is 9.80. The fourth-order valence-corrected chi connectivity index (χ4v) is 4.63. The zero-order valence-corrected chi connectivity index (χ0v) is 18.3. The molecular formula is C25H22F2N4O2. The second-order valence-electron chi connectivity index (χ2n) is 8.78. The highest BCUT2D eigenvalue weighted by Gasteiger charge is 2.42. The Labute approximate surface area is 189 Å². The van der Waals surface area contributed by atoms with Crippen molar-refractivity contribution in [2.24, 2.45) is 0 Å². The van der Waals surface area contributed by atoms with Crippen LogP contribution in [0.25, 0.3) is 11.4 Å². The topological polar surface area (TPSA) is 75.2 Å². The molecule has 1 atom stereocenters. The molecule has 8 heteroatoms. The highest BCUT2D eigenvalue weighted by atomic mass is 19.1. The third-order valence-electron chi connectivity index (χ3n) is 6.62. The molecule has 3 aromatic rings. The Morgan fingerprint density at radius 1 is 1.03 bits per heavy atom. The Balaban J connectivity index is 1.52. The van der Waals surface area contributed by atoms with E-state index >= 15 is 0 Å². The van der Waals surface area contributed by atoms with E-state index in [0.717, 1.165) is 29.7 Å². The van der Waals surface area contributed by atoms with E-state index < -0.39 is 17.0 Å². The molecule has 0 unspecified atom stereocenters. The van der Waals surface area contributed by atoms with Crippen molar-refractivity contribution in [1.29, 1.82) is 0 Å². The number of likely N-dealkylation sites (N-methyl/N-ethyl adjacent to an activating group) is 1. The van der Waals surface area contributed by atoms with Crippen molar-refractivity contribution in [1.82, 2.24) is 20.2 Å². The summed E-state index contributed by atoms with van der Waals surface area (Å²) in [7, 11) is 1.80. The molecule has 0 aliphatic carbocycles. The third-order valence-corrected chi connectivity index (χ3v) is 6.62. The molecule has 0 spiro atoms. The zero-order chi connectivity index (χ0) is 23.3. The summed E-state index contributed by atoms with van der Waals surface area (Å²) in [6.07, 6.45) is 1.03. The molecule has 2 amide bonds. The van der Waals surface area contributed by atoms with Crippen LogP contribution in [0.4, 0.5) is 8.78 Å². The number of hydrogen-bond acceptors (Lipinski definition) is 4. The number of benzene rings is 2. The van der Waals surface area contributed by atoms with E-state index in [1.807, 2.05) is 31.2 Å². The highest BCUT2D eigenvalue weighted by molar-refractivity contribution is 5.99. The first kappa shape index (κ1) is 21.2. The van der Waals surface area contributed by atoms with Crippen LogP contribution in [0, 0.1) is 11.6 Å². The van der Waals surface area contributed by atoms with Crippen LogP contribution in [0.15, 0.2) is 42.5 Å². The molecule has 2 aliphatic rings. The van der Waals surface area contributed by atoms with E-state index in [2.05, 4.69) is 15.3 Å². The van der Waals surface area contributed by atoms with Gasteiger partial charge < -0.3 is 10.2 Å². The summed E-state index contributed by atoms with van der Waals surface area (Å²) in [5, 5.41) is 2.71. The number of hydrogen-bond donors (Lipinski definition) is 1. The fourth-order valence-electron chi connectivity index (χ4n) is 4.63. The molecule has 0 bridgehead atoms. The van der Waals surface area contributed by atoms with Crippen molar-refractivity contribution in [2.75, 3.05) is 13.6 Å². The molecule has 1 saturated heterocycles. The standard InChI is InChI=1S/C25H22F2N4O2/c1-25(10-11-31(2)24(25)33)15-8-6-14(7-9-15)12-18-21-19(13-28-23(21)32)30-22(29-18)20-16(26)4-3-5-17(20)27/h3-9H,10-13H2,1-2H3,(H,28,32)/t25-/m0/s1. The first-order valence-corrected chi connectivity index (χ1v) is 10.8. The van der Waals surface area contributed by atoms with E-state index in [0.29, 0.717) is 23.5 Å². The Hall–Kier alpha value is -3.68. The number of nitrogens with one attached hydrogen (secondary N) is 1. The maximum atomic E-state index is 14.4. The first-order valence-electron chi connectivity index (χ1n) is 10.8. The molecule has 6 nitrogen and oxygen atoms in total. The molecule has 1 aromatic heterocycles. The second kappa shape index (κ2) is 7.72. The zero-order valence-electron chi connectivity index (χ0n) is 18.3. The van der Waals surface area contributed by atoms with E-state index in [1.165, 1.54) is 6.07 Å². The number of amides is 2. The Morgan fingerprint density at radius 2 is 1.73 bits per heavy atom. The number of carbonyl (C=O) groups is 2. The Bertz CT molecular complexity index is 1270. The predicted molar refractivity (Wildman–Crippen MR) is 117 cm³/mol. The van der Waals surface area contributed by atoms with Crippen LogP contribution in [-0.4, -0.2) is 40.3 Å². The smallest absolute Gasteiger partial charge is 0.255 e. The molecule has 2 aromatic carbocycles. The van der Waals surface area contributed by atoms with Gasteiger partial charge in [-0.25, -0.2) is 18.7 Å². The van der Waals surface area contributed by atoms with Gasteiger partial charge in [0.15, 0.2) is 5.82 Å². The molecule has 1 fully saturated rings. The number of fused-ring (bicyclic) bond motifs is 1. The Kier molecular flexibility index (Phi) is 4.96. The van der Waals surface area contributed by atoms with Crippen molar-refractivity contribution in [3.63, 3.8) is 0 Å². The number of likely N-dealkylation sites (tertiary alicyclic amines) is 1. The minimum absolute atomic E-state index is 0.0837. The maximum Gasteiger partial charge on any atom is 0.255 e. The quantitative estimate of drug-likeness (QED) is 0.664. The average molecular weight is 448 g/mol. The molecule has 168 valence electrons. The van der Waals surface area contributed by atoms with Gasteiger partial charge in [0.05, 0.1) is 34.5 Å². The minimum Gasteiger partial charge on any atom is -0.346 e. The minimum atomic E-state index is -0.762. The predicted octanol–water partition coefficient (Wildman–Crippen LogP) is 3.38. The average Bonchev–Trinajstić information content (AvgIpc) is 3.29. The fraction of sp³-hybridized carbons (Fsp3) is 0.280. The van der Waals surface area contributed by atoms with Crippen molar-refractivity contribution >= 4 is 11.8 Å². The SMILES string of the molecule is CN1CC[C@@](C)(c2ccc(Cc3nc(-c4c(F)cccc4F)nc4c3C(=O)NC4)cc2)C1=O. The normalized spacial score (nSPS) is 19.7. The summed E-state index contributed by atoms with van der Waals surface area (Å²) in [5.41, 5.74) is 2.10. The van der Waals surface area contributed by atoms with E-state index in [1.54, 1.807) is 11.9 Å². The molecule has 33 heavy (non-hydrogen) atoms. The molecule has 1 N–H and O–H groups in total. The van der Waals surface area contributed by atoms with Crippen LogP contribution in [0.1, 0.15) is 46.2 Å². The molecule has 0 radical (unpaired) electrons. The van der Waals surface area contributed by atoms with Crippen LogP contribution >= 0.6 is 0 Å². The Morgan fingerprint density at radius 3 is 2.36 bits per heavy atom. The number of halogens is 2. The molecule has 2 aliphatic heterocycles. The van der Waals surface area contributed by atoms with Crippen molar-refractivity contribution in [2.45, 2.75) is 31.7 Å².